The summed E-state index contributed by atoms with van der Waals surface area (Å²) < 4.78 is 22.3. The molecule has 0 bridgehead atoms. The molecule has 0 aromatic heterocycles. The third kappa shape index (κ3) is 5.73. The molecule has 2 aliphatic rings. The minimum atomic E-state index is -2.06. The van der Waals surface area contributed by atoms with Crippen molar-refractivity contribution >= 4 is 29.1 Å². The Bertz CT molecular complexity index is 1800. The van der Waals surface area contributed by atoms with Gasteiger partial charge in [-0.1, -0.05) is 30.7 Å². The number of aliphatic hydroxyl groups excluding tert-OH is 1. The Morgan fingerprint density at radius 1 is 0.957 bits per heavy atom. The number of methoxy groups -OCH3 is 3. The zero-order valence-electron chi connectivity index (χ0n) is 26.0. The van der Waals surface area contributed by atoms with Crippen LogP contribution in [0.25, 0.3) is 0 Å². The van der Waals surface area contributed by atoms with Crippen molar-refractivity contribution < 1.29 is 53.8 Å². The van der Waals surface area contributed by atoms with Gasteiger partial charge in [0, 0.05) is 42.9 Å². The fraction of sp³-hybridized carbons (Fsp3) is 0.324. The smallest absolute Gasteiger partial charge is 0.231 e. The summed E-state index contributed by atoms with van der Waals surface area (Å²) >= 11 is 6.56. The number of ketones is 2. The van der Waals surface area contributed by atoms with Crippen LogP contribution in [0.3, 0.4) is 0 Å². The largest absolute Gasteiger partial charge is 0.507 e. The SMILES string of the molecule is COc1cc(C(CC(=O)NCCc2ccc(O)c(O)c2)C2=C(O)[C@@]3(Oc4c(Cl)c(OC)cc(OC)c4C3=O)[C@H](C)CC2=O)ccc1O. The van der Waals surface area contributed by atoms with Gasteiger partial charge in [-0.25, -0.2) is 0 Å². The van der Waals surface area contributed by atoms with Crippen molar-refractivity contribution in [3.63, 3.8) is 0 Å². The van der Waals surface area contributed by atoms with E-state index in [2.05, 4.69) is 5.32 Å². The number of Topliss-reactive ketones (excluding diaryl/α,β-unsaturated/α-hetero) is 2. The van der Waals surface area contributed by atoms with Gasteiger partial charge < -0.3 is 44.7 Å². The minimum Gasteiger partial charge on any atom is -0.507 e. The van der Waals surface area contributed by atoms with Gasteiger partial charge in [-0.15, -0.1) is 0 Å². The summed E-state index contributed by atoms with van der Waals surface area (Å²) in [6.07, 6.45) is -0.241. The van der Waals surface area contributed by atoms with E-state index in [1.54, 1.807) is 13.0 Å². The Balaban J connectivity index is 1.56. The van der Waals surface area contributed by atoms with Gasteiger partial charge in [-0.2, -0.15) is 0 Å². The highest BCUT2D eigenvalue weighted by Gasteiger charge is 2.61. The Kier molecular flexibility index (Phi) is 9.17. The minimum absolute atomic E-state index is 0.0203. The highest BCUT2D eigenvalue weighted by Crippen LogP contribution is 2.56. The van der Waals surface area contributed by atoms with E-state index in [9.17, 15) is 34.8 Å². The highest BCUT2D eigenvalue weighted by atomic mass is 35.5. The first-order valence-electron chi connectivity index (χ1n) is 14.7. The van der Waals surface area contributed by atoms with Crippen LogP contribution in [0.15, 0.2) is 53.8 Å². The van der Waals surface area contributed by atoms with Crippen molar-refractivity contribution in [2.24, 2.45) is 5.92 Å². The van der Waals surface area contributed by atoms with Gasteiger partial charge in [0.25, 0.3) is 0 Å². The molecule has 12 nitrogen and oxygen atoms in total. The third-order valence-corrected chi connectivity index (χ3v) is 8.99. The molecule has 1 aliphatic heterocycles. The molecule has 47 heavy (non-hydrogen) atoms. The molecule has 1 unspecified atom stereocenters. The van der Waals surface area contributed by atoms with Crippen LogP contribution in [0.2, 0.25) is 5.02 Å². The molecule has 5 rings (SSSR count). The van der Waals surface area contributed by atoms with Crippen molar-refractivity contribution in [2.45, 2.75) is 37.7 Å². The number of aromatic hydroxyl groups is 3. The molecule has 0 saturated heterocycles. The van der Waals surface area contributed by atoms with E-state index in [1.165, 1.54) is 57.7 Å². The Morgan fingerprint density at radius 2 is 1.64 bits per heavy atom. The predicted octanol–water partition coefficient (Wildman–Crippen LogP) is 4.75. The van der Waals surface area contributed by atoms with E-state index in [0.29, 0.717) is 17.5 Å². The number of phenolic OH excluding ortho intramolecular Hbond substituents is 3. The first-order valence-corrected chi connectivity index (χ1v) is 15.0. The van der Waals surface area contributed by atoms with Crippen LogP contribution in [-0.4, -0.2) is 71.4 Å². The number of aliphatic hydroxyl groups is 1. The van der Waals surface area contributed by atoms with Gasteiger partial charge in [0.2, 0.25) is 17.3 Å². The lowest BCUT2D eigenvalue weighted by molar-refractivity contribution is -0.121. The van der Waals surface area contributed by atoms with Crippen LogP contribution in [0.1, 0.15) is 47.2 Å². The average molecular weight is 668 g/mol. The zero-order chi connectivity index (χ0) is 34.2. The standard InChI is InChI=1S/C34H34ClNO11/c1-16-11-23(40)28(32(42)34(16)33(43)29-25(45-3)15-26(46-4)30(35)31(29)47-34)19(18-6-8-21(38)24(13-18)44-2)14-27(41)36-10-9-17-5-7-20(37)22(39)12-17/h5-8,12-13,15-16,19,37-39,42H,9-11,14H2,1-4H3,(H,36,41)/t16-,19?,34+/m1/s1. The number of phenols is 3. The van der Waals surface area contributed by atoms with E-state index < -0.39 is 40.7 Å². The number of ether oxygens (including phenoxy) is 4. The third-order valence-electron chi connectivity index (χ3n) is 8.63. The molecule has 3 aromatic rings. The second-order valence-electron chi connectivity index (χ2n) is 11.4. The molecule has 0 fully saturated rings. The second-order valence-corrected chi connectivity index (χ2v) is 11.7. The van der Waals surface area contributed by atoms with Crippen LogP contribution in [0.4, 0.5) is 0 Å². The first kappa shape index (κ1) is 33.3. The summed E-state index contributed by atoms with van der Waals surface area (Å²) in [4.78, 5) is 41.4. The van der Waals surface area contributed by atoms with Crippen LogP contribution in [0, 0.1) is 5.92 Å². The number of hydrogen-bond donors (Lipinski definition) is 5. The normalized spacial score (nSPS) is 19.3. The molecule has 1 spiro atoms. The molecule has 3 aromatic carbocycles. The van der Waals surface area contributed by atoms with E-state index in [1.807, 2.05) is 0 Å². The lowest BCUT2D eigenvalue weighted by atomic mass is 9.69. The molecular weight excluding hydrogens is 634 g/mol. The topological polar surface area (TPSA) is 181 Å². The number of rotatable bonds is 10. The summed E-state index contributed by atoms with van der Waals surface area (Å²) in [5.74, 6) is -4.78. The molecule has 0 radical (unpaired) electrons. The molecule has 248 valence electrons. The maximum atomic E-state index is 14.2. The average Bonchev–Trinajstić information content (AvgIpc) is 3.36. The maximum absolute atomic E-state index is 14.2. The summed E-state index contributed by atoms with van der Waals surface area (Å²) in [6, 6.07) is 10.0. The van der Waals surface area contributed by atoms with Crippen molar-refractivity contribution in [3.05, 3.63) is 75.5 Å². The lowest BCUT2D eigenvalue weighted by Gasteiger charge is -2.38. The number of fused-ring (bicyclic) bond motifs is 1. The number of nitrogens with one attached hydrogen (secondary N) is 1. The van der Waals surface area contributed by atoms with E-state index in [0.717, 1.165) is 0 Å². The number of carbonyl (C=O) groups is 3. The quantitative estimate of drug-likeness (QED) is 0.188. The molecule has 1 heterocycles. The first-order chi connectivity index (χ1) is 22.4. The van der Waals surface area contributed by atoms with Crippen molar-refractivity contribution in [1.29, 1.82) is 0 Å². The summed E-state index contributed by atoms with van der Waals surface area (Å²) in [7, 11) is 4.08. The number of benzene rings is 3. The molecule has 13 heteroatoms. The monoisotopic (exact) mass is 667 g/mol. The lowest BCUT2D eigenvalue weighted by Crippen LogP contribution is -2.53. The fourth-order valence-corrected chi connectivity index (χ4v) is 6.43. The zero-order valence-corrected chi connectivity index (χ0v) is 26.8. The maximum Gasteiger partial charge on any atom is 0.231 e. The molecule has 1 aliphatic carbocycles. The van der Waals surface area contributed by atoms with E-state index in [-0.39, 0.29) is 75.8 Å². The van der Waals surface area contributed by atoms with Crippen LogP contribution in [-0.2, 0) is 16.0 Å². The molecule has 5 N–H and O–H groups in total. The van der Waals surface area contributed by atoms with Crippen LogP contribution in [0.5, 0.6) is 40.2 Å². The van der Waals surface area contributed by atoms with Crippen molar-refractivity contribution in [2.75, 3.05) is 27.9 Å². The molecule has 0 saturated carbocycles. The summed E-state index contributed by atoms with van der Waals surface area (Å²) in [5, 5.41) is 44.4. The molecule has 1 amide bonds. The Labute approximate surface area is 275 Å². The number of amides is 1. The van der Waals surface area contributed by atoms with Gasteiger partial charge in [-0.3, -0.25) is 14.4 Å². The van der Waals surface area contributed by atoms with Gasteiger partial charge in [0.05, 0.1) is 21.3 Å². The van der Waals surface area contributed by atoms with Gasteiger partial charge in [0.15, 0.2) is 40.3 Å². The van der Waals surface area contributed by atoms with Crippen LogP contribution < -0.4 is 24.3 Å². The Morgan fingerprint density at radius 3 is 2.30 bits per heavy atom. The summed E-state index contributed by atoms with van der Waals surface area (Å²) in [6.45, 7) is 1.74. The van der Waals surface area contributed by atoms with Crippen molar-refractivity contribution in [3.8, 4) is 40.2 Å². The van der Waals surface area contributed by atoms with Gasteiger partial charge >= 0.3 is 0 Å². The fourth-order valence-electron chi connectivity index (χ4n) is 6.16. The number of carbonyl (C=O) groups excluding carboxylic acids is 3. The Hall–Kier alpha value is -5.10. The second kappa shape index (κ2) is 13.0. The number of hydrogen-bond acceptors (Lipinski definition) is 11. The van der Waals surface area contributed by atoms with Crippen molar-refractivity contribution in [1.82, 2.24) is 5.32 Å². The van der Waals surface area contributed by atoms with Gasteiger partial charge in [-0.05, 0) is 41.8 Å². The van der Waals surface area contributed by atoms with E-state index in [4.69, 9.17) is 30.5 Å². The van der Waals surface area contributed by atoms with Gasteiger partial charge in [0.1, 0.15) is 22.1 Å². The van der Waals surface area contributed by atoms with Crippen LogP contribution >= 0.6 is 11.6 Å². The predicted molar refractivity (Wildman–Crippen MR) is 169 cm³/mol. The number of allylic oxidation sites excluding steroid dienone is 1. The summed E-state index contributed by atoms with van der Waals surface area (Å²) in [5.41, 5.74) is -1.30. The van der Waals surface area contributed by atoms with E-state index >= 15 is 0 Å². The highest BCUT2D eigenvalue weighted by molar-refractivity contribution is 6.35. The number of halogens is 1. The molecule has 3 atom stereocenters. The molecular formula is C34H34ClNO11.